The molecule has 0 amide bonds. The smallest absolute Gasteiger partial charge is 0.346 e. The van der Waals surface area contributed by atoms with Crippen LogP contribution in [0.15, 0.2) is 170 Å². The van der Waals surface area contributed by atoms with Crippen molar-refractivity contribution in [3.05, 3.63) is 192 Å². The third-order valence-electron chi connectivity index (χ3n) is 8.34. The molecule has 8 rings (SSSR count). The predicted molar refractivity (Wildman–Crippen MR) is 207 cm³/mol. The van der Waals surface area contributed by atoms with Crippen LogP contribution in [0, 0.1) is 0 Å². The second-order valence-corrected chi connectivity index (χ2v) is 11.6. The van der Waals surface area contributed by atoms with Gasteiger partial charge in [-0.05, 0) is 85.6 Å². The van der Waals surface area contributed by atoms with Crippen molar-refractivity contribution in [2.75, 3.05) is 0 Å². The van der Waals surface area contributed by atoms with Crippen molar-refractivity contribution >= 4 is 67.0 Å². The van der Waals surface area contributed by atoms with Gasteiger partial charge in [-0.2, -0.15) is 0 Å². The van der Waals surface area contributed by atoms with Gasteiger partial charge in [0.2, 0.25) is 0 Å². The summed E-state index contributed by atoms with van der Waals surface area (Å²) >= 11 is 0. The van der Waals surface area contributed by atoms with Gasteiger partial charge >= 0.3 is 23.9 Å². The second-order valence-electron chi connectivity index (χ2n) is 11.6. The molecule has 0 saturated carbocycles. The van der Waals surface area contributed by atoms with Gasteiger partial charge in [-0.25, -0.2) is 19.2 Å². The first-order valence-corrected chi connectivity index (χ1v) is 16.9. The van der Waals surface area contributed by atoms with Crippen LogP contribution in [0.25, 0.3) is 43.1 Å². The molecule has 0 aromatic heterocycles. The summed E-state index contributed by atoms with van der Waals surface area (Å²) in [5, 5.41) is 7.55. The van der Waals surface area contributed by atoms with Crippen molar-refractivity contribution in [2.24, 2.45) is 0 Å². The average molecular weight is 683 g/mol. The number of ether oxygens (including phenoxy) is 2. The van der Waals surface area contributed by atoms with E-state index in [4.69, 9.17) is 9.47 Å². The van der Waals surface area contributed by atoms with Gasteiger partial charge in [-0.15, -0.1) is 0 Å². The number of carbonyl (C=O) groups excluding carboxylic acids is 4. The molecule has 0 saturated heterocycles. The summed E-state index contributed by atoms with van der Waals surface area (Å²) in [5.41, 5.74) is 1.44. The first-order chi connectivity index (χ1) is 25.4. The van der Waals surface area contributed by atoms with E-state index in [0.717, 1.165) is 43.1 Å². The Kier molecular flexibility index (Phi) is 10.9. The lowest BCUT2D eigenvalue weighted by molar-refractivity contribution is 0.0380. The van der Waals surface area contributed by atoms with E-state index in [1.54, 1.807) is 48.5 Å². The van der Waals surface area contributed by atoms with Crippen molar-refractivity contribution in [3.63, 3.8) is 0 Å². The Labute approximate surface area is 300 Å². The van der Waals surface area contributed by atoms with Crippen molar-refractivity contribution in [2.45, 2.75) is 13.8 Å². The van der Waals surface area contributed by atoms with E-state index in [2.05, 4.69) is 0 Å². The fourth-order valence-corrected chi connectivity index (χ4v) is 5.75. The van der Waals surface area contributed by atoms with Crippen LogP contribution in [0.4, 0.5) is 0 Å². The van der Waals surface area contributed by atoms with Crippen LogP contribution in [-0.2, 0) is 9.47 Å². The lowest BCUT2D eigenvalue weighted by atomic mass is 10.0. The van der Waals surface area contributed by atoms with Crippen LogP contribution in [0.3, 0.4) is 0 Å². The molecule has 254 valence electrons. The summed E-state index contributed by atoms with van der Waals surface area (Å²) in [4.78, 5) is 49.4. The van der Waals surface area contributed by atoms with Gasteiger partial charge in [0.1, 0.15) is 0 Å². The van der Waals surface area contributed by atoms with E-state index in [1.165, 1.54) is 0 Å². The van der Waals surface area contributed by atoms with Crippen LogP contribution >= 0.6 is 0 Å². The van der Waals surface area contributed by atoms with Crippen LogP contribution in [0.5, 0.6) is 0 Å². The fourth-order valence-electron chi connectivity index (χ4n) is 5.75. The summed E-state index contributed by atoms with van der Waals surface area (Å²) < 4.78 is 10.1. The largest absolute Gasteiger partial charge is 0.386 e. The highest BCUT2D eigenvalue weighted by atomic mass is 16.6. The second kappa shape index (κ2) is 16.2. The summed E-state index contributed by atoms with van der Waals surface area (Å²) in [7, 11) is 0. The Morgan fingerprint density at radius 2 is 0.654 bits per heavy atom. The Hall–Kier alpha value is -6.92. The maximum absolute atomic E-state index is 12.5. The molecule has 0 aliphatic heterocycles. The molecule has 0 aliphatic rings. The SMILES string of the molecule is CC.O=C(OC(=O)c1ccc2ccccc2c1)c1ccc2ccccc2c1.O=C(OC(=O)c1cccc2ccccc12)c1ccc2ccccc2c1. The standard InChI is InChI=1S/2C22H14O3.C2H6/c23-21(19-11-9-15-5-1-3-7-17(15)13-19)25-22(24)20-12-10-16-6-2-4-8-18(16)14-20;23-21(18-13-12-15-6-1-2-8-17(15)14-18)25-22(24)20-11-5-9-16-7-3-4-10-19(16)20;1-2/h2*1-14H;1-2H3. The molecule has 0 N–H and O–H groups in total. The topological polar surface area (TPSA) is 86.7 Å². The van der Waals surface area contributed by atoms with E-state index in [1.807, 2.05) is 135 Å². The minimum Gasteiger partial charge on any atom is -0.386 e. The molecule has 8 aromatic rings. The minimum absolute atomic E-state index is 0.354. The highest BCUT2D eigenvalue weighted by molar-refractivity contribution is 6.10. The number of benzene rings is 8. The normalized spacial score (nSPS) is 10.4. The van der Waals surface area contributed by atoms with Crippen molar-refractivity contribution in [1.82, 2.24) is 0 Å². The Morgan fingerprint density at radius 3 is 1.08 bits per heavy atom. The molecule has 52 heavy (non-hydrogen) atoms. The van der Waals surface area contributed by atoms with E-state index < -0.39 is 23.9 Å². The van der Waals surface area contributed by atoms with Gasteiger partial charge in [-0.3, -0.25) is 0 Å². The Morgan fingerprint density at radius 1 is 0.327 bits per heavy atom. The third-order valence-corrected chi connectivity index (χ3v) is 8.34. The maximum Gasteiger partial charge on any atom is 0.346 e. The summed E-state index contributed by atoms with van der Waals surface area (Å²) in [6.07, 6.45) is 0. The minimum atomic E-state index is -0.649. The highest BCUT2D eigenvalue weighted by Gasteiger charge is 2.18. The van der Waals surface area contributed by atoms with E-state index in [-0.39, 0.29) is 0 Å². The lowest BCUT2D eigenvalue weighted by Gasteiger charge is -2.07. The molecule has 0 bridgehead atoms. The molecule has 0 spiro atoms. The van der Waals surface area contributed by atoms with Gasteiger partial charge in [0, 0.05) is 0 Å². The summed E-state index contributed by atoms with van der Waals surface area (Å²) in [6, 6.07) is 51.7. The van der Waals surface area contributed by atoms with Crippen molar-refractivity contribution in [1.29, 1.82) is 0 Å². The Balaban J connectivity index is 0.000000171. The molecule has 6 nitrogen and oxygen atoms in total. The zero-order chi connectivity index (χ0) is 36.5. The molecular formula is C46H34O6. The predicted octanol–water partition coefficient (Wildman–Crippen LogP) is 11.0. The number of esters is 4. The number of hydrogen-bond donors (Lipinski definition) is 0. The zero-order valence-corrected chi connectivity index (χ0v) is 28.6. The van der Waals surface area contributed by atoms with E-state index in [9.17, 15) is 19.2 Å². The van der Waals surface area contributed by atoms with E-state index >= 15 is 0 Å². The summed E-state index contributed by atoms with van der Waals surface area (Å²) in [6.45, 7) is 4.00. The van der Waals surface area contributed by atoms with E-state index in [0.29, 0.717) is 22.3 Å². The third kappa shape index (κ3) is 7.93. The zero-order valence-electron chi connectivity index (χ0n) is 28.6. The summed E-state index contributed by atoms with van der Waals surface area (Å²) in [5.74, 6) is -2.59. The Bertz CT molecular complexity index is 2480. The van der Waals surface area contributed by atoms with Crippen molar-refractivity contribution < 1.29 is 28.7 Å². The molecule has 6 heteroatoms. The van der Waals surface area contributed by atoms with Gasteiger partial charge in [0.05, 0.1) is 22.3 Å². The molecule has 0 unspecified atom stereocenters. The van der Waals surface area contributed by atoms with Crippen molar-refractivity contribution in [3.8, 4) is 0 Å². The van der Waals surface area contributed by atoms with Gasteiger partial charge in [0.25, 0.3) is 0 Å². The maximum atomic E-state index is 12.5. The fraction of sp³-hybridized carbons (Fsp3) is 0.0435. The first-order valence-electron chi connectivity index (χ1n) is 16.9. The molecular weight excluding hydrogens is 648 g/mol. The lowest BCUT2D eigenvalue weighted by Crippen LogP contribution is -2.13. The molecule has 8 aromatic carbocycles. The van der Waals surface area contributed by atoms with Crippen LogP contribution in [0.1, 0.15) is 55.3 Å². The van der Waals surface area contributed by atoms with Crippen LogP contribution in [0.2, 0.25) is 0 Å². The highest BCUT2D eigenvalue weighted by Crippen LogP contribution is 2.22. The number of hydrogen-bond acceptors (Lipinski definition) is 6. The quantitative estimate of drug-likeness (QED) is 0.136. The van der Waals surface area contributed by atoms with Gasteiger partial charge < -0.3 is 9.47 Å². The molecule has 0 atom stereocenters. The monoisotopic (exact) mass is 682 g/mol. The first kappa shape index (κ1) is 34.9. The number of rotatable bonds is 4. The number of fused-ring (bicyclic) bond motifs is 4. The molecule has 0 heterocycles. The average Bonchev–Trinajstić information content (AvgIpc) is 3.21. The van der Waals surface area contributed by atoms with Crippen LogP contribution < -0.4 is 0 Å². The molecule has 0 aliphatic carbocycles. The van der Waals surface area contributed by atoms with Gasteiger partial charge in [-0.1, -0.05) is 141 Å². The number of carbonyl (C=O) groups is 4. The van der Waals surface area contributed by atoms with Gasteiger partial charge in [0.15, 0.2) is 0 Å². The van der Waals surface area contributed by atoms with Crippen LogP contribution in [-0.4, -0.2) is 23.9 Å². The molecule has 0 radical (unpaired) electrons. The molecule has 0 fully saturated rings.